The molecular weight excluding hydrogens is 401 g/mol. The Morgan fingerprint density at radius 3 is 2.68 bits per heavy atom. The van der Waals surface area contributed by atoms with E-state index in [2.05, 4.69) is 15.0 Å². The number of aromatic amines is 1. The van der Waals surface area contributed by atoms with Crippen LogP contribution in [0.3, 0.4) is 0 Å². The van der Waals surface area contributed by atoms with E-state index in [1.165, 1.54) is 18.3 Å². The van der Waals surface area contributed by atoms with Gasteiger partial charge < -0.3 is 20.4 Å². The molecule has 5 rings (SSSR count). The number of hydrogen-bond acceptors (Lipinski definition) is 5. The van der Waals surface area contributed by atoms with Gasteiger partial charge in [0.05, 0.1) is 35.5 Å². The van der Waals surface area contributed by atoms with E-state index in [1.807, 2.05) is 0 Å². The van der Waals surface area contributed by atoms with E-state index in [9.17, 15) is 14.0 Å². The SMILES string of the molecule is NC(=O)c1cc(-c2ccnc(F)c2)nc2c1[nH]c1cc(C(=O)N3CCOCC3)ccc12. The molecule has 0 aliphatic carbocycles. The zero-order valence-electron chi connectivity index (χ0n) is 16.4. The topological polar surface area (TPSA) is 114 Å². The largest absolute Gasteiger partial charge is 0.378 e. The number of benzene rings is 1. The number of aromatic nitrogens is 3. The molecule has 0 bridgehead atoms. The van der Waals surface area contributed by atoms with E-state index >= 15 is 0 Å². The van der Waals surface area contributed by atoms with Crippen molar-refractivity contribution in [3.05, 3.63) is 59.7 Å². The predicted octanol–water partition coefficient (Wildman–Crippen LogP) is 2.49. The Balaban J connectivity index is 1.66. The number of nitrogens with two attached hydrogens (primary N) is 1. The molecule has 4 heterocycles. The fourth-order valence-corrected chi connectivity index (χ4v) is 3.84. The van der Waals surface area contributed by atoms with Crippen molar-refractivity contribution < 1.29 is 18.7 Å². The number of nitrogens with zero attached hydrogens (tertiary/aromatic N) is 3. The van der Waals surface area contributed by atoms with Crippen molar-refractivity contribution in [3.8, 4) is 11.3 Å². The summed E-state index contributed by atoms with van der Waals surface area (Å²) in [5.74, 6) is -1.37. The quantitative estimate of drug-likeness (QED) is 0.495. The number of halogens is 1. The van der Waals surface area contributed by atoms with Gasteiger partial charge in [-0.05, 0) is 30.3 Å². The van der Waals surface area contributed by atoms with Gasteiger partial charge in [-0.3, -0.25) is 9.59 Å². The highest BCUT2D eigenvalue weighted by Gasteiger charge is 2.21. The number of amides is 2. The summed E-state index contributed by atoms with van der Waals surface area (Å²) in [4.78, 5) is 38.1. The minimum absolute atomic E-state index is 0.0834. The number of carbonyl (C=O) groups is 2. The van der Waals surface area contributed by atoms with Crippen molar-refractivity contribution in [2.24, 2.45) is 5.73 Å². The summed E-state index contributed by atoms with van der Waals surface area (Å²) in [6, 6.07) is 9.64. The summed E-state index contributed by atoms with van der Waals surface area (Å²) >= 11 is 0. The lowest BCUT2D eigenvalue weighted by Gasteiger charge is -2.26. The van der Waals surface area contributed by atoms with Crippen LogP contribution in [0.15, 0.2) is 42.6 Å². The van der Waals surface area contributed by atoms with Gasteiger partial charge in [0.25, 0.3) is 11.8 Å². The van der Waals surface area contributed by atoms with Crippen LogP contribution in [-0.2, 0) is 4.74 Å². The highest BCUT2D eigenvalue weighted by atomic mass is 19.1. The standard InChI is InChI=1S/C22H18FN5O3/c23-18-10-12(3-4-25-18)16-11-15(21(24)29)20-19(26-16)14-2-1-13(9-17(14)27-20)22(30)28-5-7-31-8-6-28/h1-4,9-11,27H,5-8H2,(H2,24,29). The van der Waals surface area contributed by atoms with E-state index in [1.54, 1.807) is 29.2 Å². The van der Waals surface area contributed by atoms with Crippen molar-refractivity contribution in [2.75, 3.05) is 26.3 Å². The molecule has 1 aliphatic heterocycles. The maximum atomic E-state index is 13.6. The van der Waals surface area contributed by atoms with Crippen molar-refractivity contribution >= 4 is 33.8 Å². The second kappa shape index (κ2) is 7.44. The molecule has 0 spiro atoms. The van der Waals surface area contributed by atoms with E-state index in [0.717, 1.165) is 5.39 Å². The van der Waals surface area contributed by atoms with E-state index < -0.39 is 11.9 Å². The van der Waals surface area contributed by atoms with Crippen LogP contribution in [0.4, 0.5) is 4.39 Å². The Bertz CT molecular complexity index is 1340. The first kappa shape index (κ1) is 19.1. The Kier molecular flexibility index (Phi) is 4.59. The summed E-state index contributed by atoms with van der Waals surface area (Å²) in [5.41, 5.74) is 8.88. The zero-order chi connectivity index (χ0) is 21.5. The number of morpholine rings is 1. The summed E-state index contributed by atoms with van der Waals surface area (Å²) in [6.45, 7) is 2.13. The number of fused-ring (bicyclic) bond motifs is 3. The molecule has 3 N–H and O–H groups in total. The van der Waals surface area contributed by atoms with Crippen LogP contribution in [0.2, 0.25) is 0 Å². The van der Waals surface area contributed by atoms with Crippen LogP contribution in [0.1, 0.15) is 20.7 Å². The highest BCUT2D eigenvalue weighted by Crippen LogP contribution is 2.31. The molecule has 3 aromatic heterocycles. The third-order valence-electron chi connectivity index (χ3n) is 5.39. The normalized spacial score (nSPS) is 14.3. The first-order chi connectivity index (χ1) is 15.0. The van der Waals surface area contributed by atoms with Crippen LogP contribution in [0.25, 0.3) is 33.2 Å². The van der Waals surface area contributed by atoms with Crippen molar-refractivity contribution in [1.82, 2.24) is 19.9 Å². The summed E-state index contributed by atoms with van der Waals surface area (Å²) < 4.78 is 18.9. The monoisotopic (exact) mass is 419 g/mol. The minimum Gasteiger partial charge on any atom is -0.378 e. The molecule has 1 fully saturated rings. The average molecular weight is 419 g/mol. The molecule has 156 valence electrons. The van der Waals surface area contributed by atoms with Crippen molar-refractivity contribution in [2.45, 2.75) is 0 Å². The van der Waals surface area contributed by atoms with Gasteiger partial charge in [-0.25, -0.2) is 9.97 Å². The molecule has 0 saturated carbocycles. The van der Waals surface area contributed by atoms with Crippen LogP contribution in [0, 0.1) is 5.95 Å². The Morgan fingerprint density at radius 2 is 1.94 bits per heavy atom. The minimum atomic E-state index is -0.648. The van der Waals surface area contributed by atoms with Crippen LogP contribution in [0.5, 0.6) is 0 Å². The lowest BCUT2D eigenvalue weighted by atomic mass is 10.1. The molecule has 0 radical (unpaired) electrons. The lowest BCUT2D eigenvalue weighted by Crippen LogP contribution is -2.40. The zero-order valence-corrected chi connectivity index (χ0v) is 16.4. The number of ether oxygens (including phenoxy) is 1. The molecule has 31 heavy (non-hydrogen) atoms. The van der Waals surface area contributed by atoms with Gasteiger partial charge in [0.2, 0.25) is 5.95 Å². The smallest absolute Gasteiger partial charge is 0.254 e. The third-order valence-corrected chi connectivity index (χ3v) is 5.39. The third kappa shape index (κ3) is 3.38. The number of rotatable bonds is 3. The second-order valence-electron chi connectivity index (χ2n) is 7.30. The van der Waals surface area contributed by atoms with E-state index in [4.69, 9.17) is 10.5 Å². The fraction of sp³-hybridized carbons (Fsp3) is 0.182. The summed E-state index contributed by atoms with van der Waals surface area (Å²) in [6.07, 6.45) is 1.33. The maximum Gasteiger partial charge on any atom is 0.254 e. The van der Waals surface area contributed by atoms with Gasteiger partial charge >= 0.3 is 0 Å². The van der Waals surface area contributed by atoms with Gasteiger partial charge in [0, 0.05) is 47.4 Å². The number of primary amides is 1. The highest BCUT2D eigenvalue weighted by molar-refractivity contribution is 6.14. The van der Waals surface area contributed by atoms with Gasteiger partial charge in [-0.15, -0.1) is 0 Å². The number of nitrogens with one attached hydrogen (secondary N) is 1. The molecular formula is C22H18FN5O3. The molecule has 2 amide bonds. The van der Waals surface area contributed by atoms with E-state index in [0.29, 0.717) is 59.7 Å². The number of pyridine rings is 2. The van der Waals surface area contributed by atoms with Crippen LogP contribution >= 0.6 is 0 Å². The van der Waals surface area contributed by atoms with Gasteiger partial charge in [0.1, 0.15) is 0 Å². The maximum absolute atomic E-state index is 13.6. The predicted molar refractivity (Wildman–Crippen MR) is 112 cm³/mol. The Labute approximate surface area is 175 Å². The van der Waals surface area contributed by atoms with Gasteiger partial charge in [-0.1, -0.05) is 0 Å². The Hall–Kier alpha value is -3.85. The molecule has 8 nitrogen and oxygen atoms in total. The van der Waals surface area contributed by atoms with Crippen LogP contribution < -0.4 is 5.73 Å². The lowest BCUT2D eigenvalue weighted by molar-refractivity contribution is 0.0303. The number of H-pyrrole nitrogens is 1. The molecule has 0 atom stereocenters. The van der Waals surface area contributed by atoms with Crippen molar-refractivity contribution in [1.29, 1.82) is 0 Å². The molecule has 1 aliphatic rings. The average Bonchev–Trinajstić information content (AvgIpc) is 3.16. The first-order valence-electron chi connectivity index (χ1n) is 9.76. The molecule has 1 saturated heterocycles. The molecule has 1 aromatic carbocycles. The molecule has 9 heteroatoms. The molecule has 4 aromatic rings. The first-order valence-corrected chi connectivity index (χ1v) is 9.76. The van der Waals surface area contributed by atoms with Gasteiger partial charge in [-0.2, -0.15) is 4.39 Å². The Morgan fingerprint density at radius 1 is 1.13 bits per heavy atom. The van der Waals surface area contributed by atoms with E-state index in [-0.39, 0.29) is 11.5 Å². The fourth-order valence-electron chi connectivity index (χ4n) is 3.84. The number of carbonyl (C=O) groups excluding carboxylic acids is 2. The summed E-state index contributed by atoms with van der Waals surface area (Å²) in [7, 11) is 0. The van der Waals surface area contributed by atoms with Crippen molar-refractivity contribution in [3.63, 3.8) is 0 Å². The van der Waals surface area contributed by atoms with Crippen LogP contribution in [-0.4, -0.2) is 58.0 Å². The number of hydrogen-bond donors (Lipinski definition) is 2. The summed E-state index contributed by atoms with van der Waals surface area (Å²) in [5, 5.41) is 0.729. The second-order valence-corrected chi connectivity index (χ2v) is 7.30. The molecule has 0 unspecified atom stereocenters. The van der Waals surface area contributed by atoms with Gasteiger partial charge in [0.15, 0.2) is 0 Å².